The van der Waals surface area contributed by atoms with Crippen LogP contribution in [0.15, 0.2) is 24.3 Å². The Hall–Kier alpha value is -1.35. The van der Waals surface area contributed by atoms with Crippen LogP contribution in [0.5, 0.6) is 0 Å². The molecule has 0 aliphatic carbocycles. The van der Waals surface area contributed by atoms with E-state index >= 15 is 0 Å². The highest BCUT2D eigenvalue weighted by Crippen LogP contribution is 2.12. The summed E-state index contributed by atoms with van der Waals surface area (Å²) in [7, 11) is 0. The van der Waals surface area contributed by atoms with E-state index < -0.39 is 0 Å². The first-order chi connectivity index (χ1) is 8.27. The van der Waals surface area contributed by atoms with E-state index in [0.29, 0.717) is 5.56 Å². The van der Waals surface area contributed by atoms with Crippen LogP contribution in [0.2, 0.25) is 0 Å². The molecule has 1 aromatic rings. The lowest BCUT2D eigenvalue weighted by atomic mass is 10.0. The first-order valence-corrected chi connectivity index (χ1v) is 6.37. The fourth-order valence-corrected chi connectivity index (χ4v) is 2.44. The molecular formula is C14H20N2O. The molecule has 0 spiro atoms. The first kappa shape index (κ1) is 12.1. The molecule has 0 unspecified atom stereocenters. The van der Waals surface area contributed by atoms with Crippen LogP contribution in [0.3, 0.4) is 0 Å². The van der Waals surface area contributed by atoms with Crippen molar-refractivity contribution in [2.45, 2.75) is 25.7 Å². The average Bonchev–Trinajstić information content (AvgIpc) is 2.38. The van der Waals surface area contributed by atoms with Crippen LogP contribution < -0.4 is 5.73 Å². The number of amides is 1. The molecule has 0 bridgehead atoms. The van der Waals surface area contributed by atoms with Crippen molar-refractivity contribution in [3.8, 4) is 0 Å². The summed E-state index contributed by atoms with van der Waals surface area (Å²) >= 11 is 0. The van der Waals surface area contributed by atoms with Crippen LogP contribution in [-0.4, -0.2) is 30.4 Å². The zero-order chi connectivity index (χ0) is 12.1. The van der Waals surface area contributed by atoms with Crippen molar-refractivity contribution >= 4 is 5.91 Å². The van der Waals surface area contributed by atoms with Gasteiger partial charge < -0.3 is 10.6 Å². The lowest BCUT2D eigenvalue weighted by Gasteiger charge is -2.26. The van der Waals surface area contributed by atoms with Crippen molar-refractivity contribution in [3.05, 3.63) is 35.4 Å². The summed E-state index contributed by atoms with van der Waals surface area (Å²) in [4.78, 5) is 13.8. The maximum absolute atomic E-state index is 11.3. The van der Waals surface area contributed by atoms with Crippen LogP contribution in [0.1, 0.15) is 35.2 Å². The Kier molecular flexibility index (Phi) is 4.15. The van der Waals surface area contributed by atoms with Gasteiger partial charge >= 0.3 is 0 Å². The minimum absolute atomic E-state index is 0.320. The molecular weight excluding hydrogens is 212 g/mol. The molecule has 0 radical (unpaired) electrons. The Morgan fingerprint density at radius 1 is 1.18 bits per heavy atom. The summed E-state index contributed by atoms with van der Waals surface area (Å²) in [5, 5.41) is 0. The van der Waals surface area contributed by atoms with Gasteiger partial charge in [0.15, 0.2) is 0 Å². The Morgan fingerprint density at radius 2 is 1.88 bits per heavy atom. The van der Waals surface area contributed by atoms with Gasteiger partial charge in [0.05, 0.1) is 0 Å². The van der Waals surface area contributed by atoms with E-state index in [4.69, 9.17) is 5.73 Å². The number of hydrogen-bond acceptors (Lipinski definition) is 2. The zero-order valence-corrected chi connectivity index (χ0v) is 10.2. The summed E-state index contributed by atoms with van der Waals surface area (Å²) in [5.74, 6) is -0.320. The van der Waals surface area contributed by atoms with Crippen LogP contribution in [0.4, 0.5) is 0 Å². The summed E-state index contributed by atoms with van der Waals surface area (Å²) in [6, 6.07) is 7.65. The molecule has 0 saturated carbocycles. The molecule has 1 fully saturated rings. The molecule has 1 aromatic carbocycles. The Bertz CT molecular complexity index is 384. The fraction of sp³-hybridized carbons (Fsp3) is 0.500. The van der Waals surface area contributed by atoms with Crippen molar-refractivity contribution in [2.24, 2.45) is 5.73 Å². The monoisotopic (exact) mass is 232 g/mol. The highest BCUT2D eigenvalue weighted by atomic mass is 16.1. The maximum Gasteiger partial charge on any atom is 0.248 e. The van der Waals surface area contributed by atoms with Gasteiger partial charge in [-0.05, 0) is 44.0 Å². The van der Waals surface area contributed by atoms with Gasteiger partial charge in [-0.2, -0.15) is 0 Å². The number of carbonyl (C=O) groups is 1. The predicted octanol–water partition coefficient (Wildman–Crippen LogP) is 1.81. The number of likely N-dealkylation sites (tertiary alicyclic amines) is 1. The second-order valence-electron chi connectivity index (χ2n) is 4.67. The first-order valence-electron chi connectivity index (χ1n) is 6.37. The lowest BCUT2D eigenvalue weighted by Crippen LogP contribution is -2.31. The van der Waals surface area contributed by atoms with Crippen LogP contribution in [0.25, 0.3) is 0 Å². The lowest BCUT2D eigenvalue weighted by molar-refractivity contribution is 0.0999. The summed E-state index contributed by atoms with van der Waals surface area (Å²) in [5.41, 5.74) is 7.12. The SMILES string of the molecule is NC(=O)c1ccccc1CCN1CCCCC1. The van der Waals surface area contributed by atoms with Crippen LogP contribution >= 0.6 is 0 Å². The predicted molar refractivity (Wildman–Crippen MR) is 69.0 cm³/mol. The molecule has 3 nitrogen and oxygen atoms in total. The molecule has 1 amide bonds. The van der Waals surface area contributed by atoms with E-state index in [1.807, 2.05) is 24.3 Å². The maximum atomic E-state index is 11.3. The highest BCUT2D eigenvalue weighted by molar-refractivity contribution is 5.94. The van der Waals surface area contributed by atoms with Gasteiger partial charge in [-0.3, -0.25) is 4.79 Å². The average molecular weight is 232 g/mol. The summed E-state index contributed by atoms with van der Waals surface area (Å²) < 4.78 is 0. The molecule has 3 heteroatoms. The van der Waals surface area contributed by atoms with Crippen molar-refractivity contribution in [1.82, 2.24) is 4.90 Å². The number of rotatable bonds is 4. The van der Waals surface area contributed by atoms with Gasteiger partial charge in [-0.25, -0.2) is 0 Å². The van der Waals surface area contributed by atoms with Crippen molar-refractivity contribution in [3.63, 3.8) is 0 Å². The van der Waals surface area contributed by atoms with Crippen LogP contribution in [0, 0.1) is 0 Å². The molecule has 1 saturated heterocycles. The normalized spacial score (nSPS) is 16.9. The number of benzene rings is 1. The molecule has 1 heterocycles. The van der Waals surface area contributed by atoms with Crippen molar-refractivity contribution in [2.75, 3.05) is 19.6 Å². The third-order valence-corrected chi connectivity index (χ3v) is 3.43. The Balaban J connectivity index is 1.96. The molecule has 0 aromatic heterocycles. The minimum Gasteiger partial charge on any atom is -0.366 e. The van der Waals surface area contributed by atoms with E-state index in [0.717, 1.165) is 18.5 Å². The molecule has 1 aliphatic heterocycles. The minimum atomic E-state index is -0.320. The molecule has 2 rings (SSSR count). The molecule has 1 aliphatic rings. The van der Waals surface area contributed by atoms with Gasteiger partial charge in [0.1, 0.15) is 0 Å². The van der Waals surface area contributed by atoms with Gasteiger partial charge in [0.2, 0.25) is 5.91 Å². The second-order valence-corrected chi connectivity index (χ2v) is 4.67. The number of nitrogens with zero attached hydrogens (tertiary/aromatic N) is 1. The quantitative estimate of drug-likeness (QED) is 0.860. The number of piperidine rings is 1. The molecule has 2 N–H and O–H groups in total. The van der Waals surface area contributed by atoms with Crippen LogP contribution in [-0.2, 0) is 6.42 Å². The zero-order valence-electron chi connectivity index (χ0n) is 10.2. The smallest absolute Gasteiger partial charge is 0.248 e. The van der Waals surface area contributed by atoms with E-state index in [9.17, 15) is 4.79 Å². The van der Waals surface area contributed by atoms with Gasteiger partial charge in [0, 0.05) is 12.1 Å². The number of carbonyl (C=O) groups excluding carboxylic acids is 1. The fourth-order valence-electron chi connectivity index (χ4n) is 2.44. The topological polar surface area (TPSA) is 46.3 Å². The van der Waals surface area contributed by atoms with Crippen molar-refractivity contribution < 1.29 is 4.79 Å². The third kappa shape index (κ3) is 3.30. The standard InChI is InChI=1S/C14H20N2O/c15-14(17)13-7-3-2-6-12(13)8-11-16-9-4-1-5-10-16/h2-3,6-7H,1,4-5,8-11H2,(H2,15,17). The number of primary amides is 1. The molecule has 92 valence electrons. The summed E-state index contributed by atoms with van der Waals surface area (Å²) in [6.45, 7) is 3.42. The van der Waals surface area contributed by atoms with E-state index in [2.05, 4.69) is 4.90 Å². The molecule has 0 atom stereocenters. The second kappa shape index (κ2) is 5.82. The van der Waals surface area contributed by atoms with E-state index in [1.165, 1.54) is 32.4 Å². The number of nitrogens with two attached hydrogens (primary N) is 1. The van der Waals surface area contributed by atoms with Gasteiger partial charge in [-0.1, -0.05) is 24.6 Å². The van der Waals surface area contributed by atoms with Gasteiger partial charge in [-0.15, -0.1) is 0 Å². The highest BCUT2D eigenvalue weighted by Gasteiger charge is 2.12. The van der Waals surface area contributed by atoms with E-state index in [-0.39, 0.29) is 5.91 Å². The van der Waals surface area contributed by atoms with Crippen molar-refractivity contribution in [1.29, 1.82) is 0 Å². The number of hydrogen-bond donors (Lipinski definition) is 1. The molecule has 17 heavy (non-hydrogen) atoms. The Morgan fingerprint density at radius 3 is 2.59 bits per heavy atom. The van der Waals surface area contributed by atoms with Gasteiger partial charge in [0.25, 0.3) is 0 Å². The third-order valence-electron chi connectivity index (χ3n) is 3.43. The Labute approximate surface area is 103 Å². The van der Waals surface area contributed by atoms with E-state index in [1.54, 1.807) is 0 Å². The largest absolute Gasteiger partial charge is 0.366 e. The summed E-state index contributed by atoms with van der Waals surface area (Å²) in [6.07, 6.45) is 4.88.